The number of halogens is 2. The zero-order valence-electron chi connectivity index (χ0n) is 13.8. The molecule has 7 nitrogen and oxygen atoms in total. The van der Waals surface area contributed by atoms with E-state index in [0.29, 0.717) is 0 Å². The van der Waals surface area contributed by atoms with Gasteiger partial charge in [0, 0.05) is 5.56 Å². The summed E-state index contributed by atoms with van der Waals surface area (Å²) in [7, 11) is 0. The quantitative estimate of drug-likeness (QED) is 0.748. The number of aromatic nitrogens is 3. The average molecular weight is 360 g/mol. The van der Waals surface area contributed by atoms with Gasteiger partial charge in [0.25, 0.3) is 5.56 Å². The minimum absolute atomic E-state index is 0.0139. The number of carbonyl (C=O) groups is 1. The maximum Gasteiger partial charge on any atom is 0.405 e. The first-order chi connectivity index (χ1) is 12.3. The lowest BCUT2D eigenvalue weighted by molar-refractivity contribution is 0.190. The van der Waals surface area contributed by atoms with Crippen molar-refractivity contribution < 1.29 is 18.7 Å². The molecule has 1 aromatic carbocycles. The fourth-order valence-corrected chi connectivity index (χ4v) is 2.66. The number of fused-ring (bicyclic) bond motifs is 1. The Hall–Kier alpha value is -3.36. The molecule has 1 amide bonds. The van der Waals surface area contributed by atoms with Crippen molar-refractivity contribution in [2.75, 3.05) is 0 Å². The van der Waals surface area contributed by atoms with Gasteiger partial charge in [0.15, 0.2) is 0 Å². The molecule has 0 aliphatic carbocycles. The van der Waals surface area contributed by atoms with E-state index in [1.165, 1.54) is 26.1 Å². The van der Waals surface area contributed by atoms with Crippen molar-refractivity contribution >= 4 is 17.0 Å². The van der Waals surface area contributed by atoms with Crippen molar-refractivity contribution in [3.05, 3.63) is 64.0 Å². The number of hydrogen-bond acceptors (Lipinski definition) is 4. The largest absolute Gasteiger partial charge is 0.465 e. The van der Waals surface area contributed by atoms with Crippen LogP contribution >= 0.6 is 0 Å². The molecule has 0 saturated carbocycles. The van der Waals surface area contributed by atoms with E-state index in [4.69, 9.17) is 5.11 Å². The fourth-order valence-electron chi connectivity index (χ4n) is 2.66. The third-order valence-corrected chi connectivity index (χ3v) is 3.95. The molecule has 0 saturated heterocycles. The number of carboxylic acid groups (broad SMARTS) is 1. The summed E-state index contributed by atoms with van der Waals surface area (Å²) in [5.41, 5.74) is -0.228. The van der Waals surface area contributed by atoms with Gasteiger partial charge in [-0.2, -0.15) is 0 Å². The molecule has 134 valence electrons. The topological polar surface area (TPSA) is 97.1 Å². The number of benzene rings is 1. The molecule has 2 heterocycles. The molecule has 3 rings (SSSR count). The predicted octanol–water partition coefficient (Wildman–Crippen LogP) is 2.70. The fraction of sp³-hybridized carbons (Fsp3) is 0.176. The minimum atomic E-state index is -1.31. The summed E-state index contributed by atoms with van der Waals surface area (Å²) in [5, 5.41) is 11.2. The molecule has 1 unspecified atom stereocenters. The van der Waals surface area contributed by atoms with Gasteiger partial charge in [-0.05, 0) is 32.0 Å². The third-order valence-electron chi connectivity index (χ3n) is 3.95. The van der Waals surface area contributed by atoms with Gasteiger partial charge in [-0.1, -0.05) is 0 Å². The predicted molar refractivity (Wildman–Crippen MR) is 89.4 cm³/mol. The van der Waals surface area contributed by atoms with Crippen molar-refractivity contribution in [1.29, 1.82) is 0 Å². The van der Waals surface area contributed by atoms with Gasteiger partial charge < -0.3 is 10.4 Å². The number of rotatable bonds is 3. The van der Waals surface area contributed by atoms with E-state index in [1.54, 1.807) is 0 Å². The van der Waals surface area contributed by atoms with Gasteiger partial charge in [-0.3, -0.25) is 14.3 Å². The Balaban J connectivity index is 2.40. The van der Waals surface area contributed by atoms with Crippen LogP contribution in [-0.4, -0.2) is 25.7 Å². The lowest BCUT2D eigenvalue weighted by Crippen LogP contribution is -2.33. The second-order valence-corrected chi connectivity index (χ2v) is 5.71. The van der Waals surface area contributed by atoms with Crippen LogP contribution in [0.5, 0.6) is 0 Å². The van der Waals surface area contributed by atoms with Gasteiger partial charge in [0.05, 0.1) is 35.0 Å². The molecule has 2 aromatic heterocycles. The highest BCUT2D eigenvalue weighted by molar-refractivity contribution is 5.78. The summed E-state index contributed by atoms with van der Waals surface area (Å²) >= 11 is 0. The Labute approximate surface area is 145 Å². The summed E-state index contributed by atoms with van der Waals surface area (Å²) in [6.07, 6.45) is 0.951. The highest BCUT2D eigenvalue weighted by Crippen LogP contribution is 2.21. The van der Waals surface area contributed by atoms with Crippen LogP contribution in [0.1, 0.15) is 24.4 Å². The molecule has 9 heteroatoms. The average Bonchev–Trinajstić information content (AvgIpc) is 2.57. The van der Waals surface area contributed by atoms with Crippen LogP contribution in [0, 0.1) is 18.6 Å². The molecule has 1 atom stereocenters. The summed E-state index contributed by atoms with van der Waals surface area (Å²) in [4.78, 5) is 32.0. The van der Waals surface area contributed by atoms with Gasteiger partial charge in [0.1, 0.15) is 17.5 Å². The molecule has 0 aliphatic heterocycles. The minimum Gasteiger partial charge on any atom is -0.465 e. The summed E-state index contributed by atoms with van der Waals surface area (Å²) < 4.78 is 28.6. The van der Waals surface area contributed by atoms with E-state index in [-0.39, 0.29) is 28.0 Å². The SMILES string of the molecule is Cc1c(F)cncc1-n1c(C(C)NC(=O)O)nc2ccc(F)cc2c1=O. The molecule has 0 aliphatic rings. The van der Waals surface area contributed by atoms with Gasteiger partial charge in [0.2, 0.25) is 0 Å². The smallest absolute Gasteiger partial charge is 0.405 e. The van der Waals surface area contributed by atoms with Crippen LogP contribution in [-0.2, 0) is 0 Å². The molecular formula is C17H14F2N4O3. The van der Waals surface area contributed by atoms with Gasteiger partial charge >= 0.3 is 6.09 Å². The Morgan fingerprint density at radius 3 is 2.73 bits per heavy atom. The van der Waals surface area contributed by atoms with Crippen molar-refractivity contribution in [3.63, 3.8) is 0 Å². The number of hydrogen-bond donors (Lipinski definition) is 2. The first-order valence-electron chi connectivity index (χ1n) is 7.61. The lowest BCUT2D eigenvalue weighted by Gasteiger charge is -2.19. The molecule has 0 fully saturated rings. The van der Waals surface area contributed by atoms with Crippen LogP contribution in [0.25, 0.3) is 16.6 Å². The highest BCUT2D eigenvalue weighted by atomic mass is 19.1. The Bertz CT molecular complexity index is 1080. The summed E-state index contributed by atoms with van der Waals surface area (Å²) in [5.74, 6) is -1.23. The van der Waals surface area contributed by atoms with E-state index in [9.17, 15) is 18.4 Å². The van der Waals surface area contributed by atoms with Crippen molar-refractivity contribution in [2.45, 2.75) is 19.9 Å². The standard InChI is InChI=1S/C17H14F2N4O3/c1-8-12(19)6-20-7-14(8)23-15(9(2)21-17(25)26)22-13-4-3-10(18)5-11(13)16(23)24/h3-7,9,21H,1-2H3,(H,25,26). The maximum atomic E-state index is 13.9. The van der Waals surface area contributed by atoms with E-state index >= 15 is 0 Å². The van der Waals surface area contributed by atoms with Crippen molar-refractivity contribution in [2.24, 2.45) is 0 Å². The molecule has 26 heavy (non-hydrogen) atoms. The van der Waals surface area contributed by atoms with E-state index in [1.807, 2.05) is 0 Å². The first-order valence-corrected chi connectivity index (χ1v) is 7.61. The van der Waals surface area contributed by atoms with E-state index in [2.05, 4.69) is 15.3 Å². The van der Waals surface area contributed by atoms with E-state index < -0.39 is 29.3 Å². The Morgan fingerprint density at radius 2 is 2.04 bits per heavy atom. The zero-order chi connectivity index (χ0) is 19.0. The molecule has 3 aromatic rings. The molecular weight excluding hydrogens is 346 g/mol. The number of amides is 1. The van der Waals surface area contributed by atoms with Crippen LogP contribution in [0.2, 0.25) is 0 Å². The summed E-state index contributed by atoms with van der Waals surface area (Å²) in [6.45, 7) is 2.94. The molecule has 0 radical (unpaired) electrons. The van der Waals surface area contributed by atoms with Crippen LogP contribution in [0.3, 0.4) is 0 Å². The second kappa shape index (κ2) is 6.51. The number of nitrogens with zero attached hydrogens (tertiary/aromatic N) is 3. The van der Waals surface area contributed by atoms with Crippen molar-refractivity contribution in [1.82, 2.24) is 19.9 Å². The number of pyridine rings is 1. The lowest BCUT2D eigenvalue weighted by atomic mass is 10.1. The van der Waals surface area contributed by atoms with Gasteiger partial charge in [-0.25, -0.2) is 18.6 Å². The van der Waals surface area contributed by atoms with E-state index in [0.717, 1.165) is 22.9 Å². The molecule has 2 N–H and O–H groups in total. The first kappa shape index (κ1) is 17.5. The third kappa shape index (κ3) is 2.99. The van der Waals surface area contributed by atoms with Crippen LogP contribution < -0.4 is 10.9 Å². The normalized spacial score (nSPS) is 12.2. The summed E-state index contributed by atoms with van der Waals surface area (Å²) in [6, 6.07) is 2.61. The second-order valence-electron chi connectivity index (χ2n) is 5.71. The van der Waals surface area contributed by atoms with Crippen LogP contribution in [0.15, 0.2) is 35.4 Å². The monoisotopic (exact) mass is 360 g/mol. The highest BCUT2D eigenvalue weighted by Gasteiger charge is 2.21. The molecule has 0 bridgehead atoms. The van der Waals surface area contributed by atoms with Gasteiger partial charge in [-0.15, -0.1) is 0 Å². The zero-order valence-corrected chi connectivity index (χ0v) is 13.8. The molecule has 0 spiro atoms. The maximum absolute atomic E-state index is 13.9. The van der Waals surface area contributed by atoms with Crippen LogP contribution in [0.4, 0.5) is 13.6 Å². The number of nitrogens with one attached hydrogen (secondary N) is 1. The Morgan fingerprint density at radius 1 is 1.31 bits per heavy atom. The Kier molecular flexibility index (Phi) is 4.37. The van der Waals surface area contributed by atoms with Crippen molar-refractivity contribution in [3.8, 4) is 5.69 Å².